The number of nitrogens with zero attached hydrogens (tertiary/aromatic N) is 3. The summed E-state index contributed by atoms with van der Waals surface area (Å²) < 4.78 is 0. The van der Waals surface area contributed by atoms with Crippen molar-refractivity contribution in [2.24, 2.45) is 5.11 Å². The van der Waals surface area contributed by atoms with E-state index in [9.17, 15) is 4.79 Å². The summed E-state index contributed by atoms with van der Waals surface area (Å²) in [4.78, 5) is 14.8. The second-order valence-corrected chi connectivity index (χ2v) is 4.59. The molecule has 0 saturated carbocycles. The van der Waals surface area contributed by atoms with Gasteiger partial charge in [0.05, 0.1) is 0 Å². The fourth-order valence-electron chi connectivity index (χ4n) is 1.68. The number of anilines is 1. The van der Waals surface area contributed by atoms with E-state index >= 15 is 0 Å². The summed E-state index contributed by atoms with van der Waals surface area (Å²) in [7, 11) is 0. The normalized spacial score (nSPS) is 9.70. The number of amides is 1. The van der Waals surface area contributed by atoms with Gasteiger partial charge in [-0.05, 0) is 42.3 Å². The molecule has 0 aliphatic heterocycles. The molecule has 20 heavy (non-hydrogen) atoms. The van der Waals surface area contributed by atoms with Crippen LogP contribution in [0.2, 0.25) is 5.02 Å². The molecule has 2 aromatic rings. The lowest BCUT2D eigenvalue weighted by atomic mass is 10.1. The number of rotatable bonds is 3. The van der Waals surface area contributed by atoms with E-state index in [1.165, 1.54) is 6.07 Å². The molecule has 2 aromatic carbocycles. The van der Waals surface area contributed by atoms with Gasteiger partial charge >= 0.3 is 0 Å². The van der Waals surface area contributed by atoms with Gasteiger partial charge in [0.1, 0.15) is 0 Å². The fraction of sp³-hybridized carbons (Fsp3) is 0.0714. The maximum Gasteiger partial charge on any atom is 0.255 e. The van der Waals surface area contributed by atoms with Crippen LogP contribution in [0.25, 0.3) is 10.4 Å². The van der Waals surface area contributed by atoms with Gasteiger partial charge in [0.15, 0.2) is 0 Å². The lowest BCUT2D eigenvalue weighted by Gasteiger charge is -2.09. The van der Waals surface area contributed by atoms with E-state index in [2.05, 4.69) is 15.3 Å². The second kappa shape index (κ2) is 6.10. The van der Waals surface area contributed by atoms with E-state index in [1.54, 1.807) is 30.3 Å². The largest absolute Gasteiger partial charge is 0.322 e. The first-order valence-electron chi connectivity index (χ1n) is 5.83. The van der Waals surface area contributed by atoms with Crippen LogP contribution < -0.4 is 5.32 Å². The van der Waals surface area contributed by atoms with Crippen LogP contribution in [0.5, 0.6) is 0 Å². The van der Waals surface area contributed by atoms with Crippen molar-refractivity contribution in [3.8, 4) is 0 Å². The molecule has 0 unspecified atom stereocenters. The molecular formula is C14H11ClN4O. The summed E-state index contributed by atoms with van der Waals surface area (Å²) in [6, 6.07) is 11.7. The van der Waals surface area contributed by atoms with Gasteiger partial charge in [-0.2, -0.15) is 0 Å². The topological polar surface area (TPSA) is 77.9 Å². The minimum atomic E-state index is -0.287. The summed E-state index contributed by atoms with van der Waals surface area (Å²) in [6.07, 6.45) is 0. The Balaban J connectivity index is 2.26. The molecule has 0 radical (unpaired) electrons. The van der Waals surface area contributed by atoms with Crippen LogP contribution in [0.15, 0.2) is 47.6 Å². The van der Waals surface area contributed by atoms with Gasteiger partial charge in [-0.15, -0.1) is 0 Å². The molecule has 0 heterocycles. The minimum Gasteiger partial charge on any atom is -0.322 e. The first-order valence-corrected chi connectivity index (χ1v) is 6.20. The van der Waals surface area contributed by atoms with E-state index in [-0.39, 0.29) is 5.91 Å². The van der Waals surface area contributed by atoms with E-state index in [4.69, 9.17) is 17.1 Å². The average molecular weight is 287 g/mol. The van der Waals surface area contributed by atoms with Gasteiger partial charge in [0, 0.05) is 26.9 Å². The van der Waals surface area contributed by atoms with Crippen molar-refractivity contribution in [3.05, 3.63) is 69.1 Å². The number of hydrogen-bond acceptors (Lipinski definition) is 2. The van der Waals surface area contributed by atoms with Crippen molar-refractivity contribution in [2.45, 2.75) is 6.92 Å². The predicted molar refractivity (Wildman–Crippen MR) is 79.4 cm³/mol. The number of carbonyl (C=O) groups excluding carboxylic acids is 1. The molecule has 0 aliphatic carbocycles. The van der Waals surface area contributed by atoms with Gasteiger partial charge in [-0.3, -0.25) is 4.79 Å². The second-order valence-electron chi connectivity index (χ2n) is 4.15. The number of hydrogen-bond donors (Lipinski definition) is 1. The zero-order chi connectivity index (χ0) is 14.5. The Labute approximate surface area is 120 Å². The Bertz CT molecular complexity index is 708. The van der Waals surface area contributed by atoms with Gasteiger partial charge in [-0.1, -0.05) is 34.9 Å². The molecule has 0 bridgehead atoms. The zero-order valence-electron chi connectivity index (χ0n) is 10.7. The van der Waals surface area contributed by atoms with Crippen molar-refractivity contribution < 1.29 is 4.79 Å². The lowest BCUT2D eigenvalue weighted by Crippen LogP contribution is -2.12. The monoisotopic (exact) mass is 286 g/mol. The van der Waals surface area contributed by atoms with E-state index < -0.39 is 0 Å². The molecule has 0 fully saturated rings. The van der Waals surface area contributed by atoms with Crippen molar-refractivity contribution in [3.63, 3.8) is 0 Å². The first kappa shape index (κ1) is 13.9. The third-order valence-electron chi connectivity index (χ3n) is 2.72. The van der Waals surface area contributed by atoms with Crippen LogP contribution in [0.4, 0.5) is 11.4 Å². The average Bonchev–Trinajstić information content (AvgIpc) is 2.43. The molecule has 2 rings (SSSR count). The Morgan fingerprint density at radius 1 is 1.30 bits per heavy atom. The van der Waals surface area contributed by atoms with Crippen molar-refractivity contribution in [2.75, 3.05) is 5.32 Å². The van der Waals surface area contributed by atoms with Crippen LogP contribution in [0, 0.1) is 6.92 Å². The SMILES string of the molecule is Cc1ccc(Cl)cc1NC(=O)c1cccc(N=[N+]=[N-])c1. The quantitative estimate of drug-likeness (QED) is 0.489. The zero-order valence-corrected chi connectivity index (χ0v) is 11.4. The summed E-state index contributed by atoms with van der Waals surface area (Å²) in [5.41, 5.74) is 10.8. The maximum absolute atomic E-state index is 12.1. The number of carbonyl (C=O) groups is 1. The number of halogens is 1. The molecule has 100 valence electrons. The Morgan fingerprint density at radius 3 is 2.85 bits per heavy atom. The van der Waals surface area contributed by atoms with Crippen molar-refractivity contribution in [1.82, 2.24) is 0 Å². The molecule has 0 atom stereocenters. The maximum atomic E-state index is 12.1. The minimum absolute atomic E-state index is 0.287. The van der Waals surface area contributed by atoms with Crippen LogP contribution in [-0.2, 0) is 0 Å². The predicted octanol–water partition coefficient (Wildman–Crippen LogP) is 4.84. The van der Waals surface area contributed by atoms with Gasteiger partial charge in [-0.25, -0.2) is 0 Å². The Morgan fingerprint density at radius 2 is 2.10 bits per heavy atom. The van der Waals surface area contributed by atoms with E-state index in [0.29, 0.717) is 22.0 Å². The third kappa shape index (κ3) is 3.29. The van der Waals surface area contributed by atoms with Crippen LogP contribution in [-0.4, -0.2) is 5.91 Å². The van der Waals surface area contributed by atoms with Crippen molar-refractivity contribution in [1.29, 1.82) is 0 Å². The highest BCUT2D eigenvalue weighted by molar-refractivity contribution is 6.31. The van der Waals surface area contributed by atoms with Crippen molar-refractivity contribution >= 4 is 28.9 Å². The summed E-state index contributed by atoms with van der Waals surface area (Å²) in [6.45, 7) is 1.88. The fourth-order valence-corrected chi connectivity index (χ4v) is 1.86. The molecule has 0 spiro atoms. The smallest absolute Gasteiger partial charge is 0.255 e. The van der Waals surface area contributed by atoms with Gasteiger partial charge in [0.25, 0.3) is 5.91 Å². The number of nitrogens with one attached hydrogen (secondary N) is 1. The van der Waals surface area contributed by atoms with E-state index in [1.807, 2.05) is 13.0 Å². The standard InChI is InChI=1S/C14H11ClN4O/c1-9-5-6-11(15)8-13(9)17-14(20)10-3-2-4-12(7-10)18-19-16/h2-8H,1H3,(H,17,20). The van der Waals surface area contributed by atoms with Gasteiger partial charge < -0.3 is 5.32 Å². The third-order valence-corrected chi connectivity index (χ3v) is 2.95. The van der Waals surface area contributed by atoms with Gasteiger partial charge in [0.2, 0.25) is 0 Å². The van der Waals surface area contributed by atoms with Crippen LogP contribution in [0.3, 0.4) is 0 Å². The molecular weight excluding hydrogens is 276 g/mol. The Kier molecular flexibility index (Phi) is 4.25. The Hall–Kier alpha value is -2.49. The number of aryl methyl sites for hydroxylation is 1. The highest BCUT2D eigenvalue weighted by atomic mass is 35.5. The summed E-state index contributed by atoms with van der Waals surface area (Å²) in [5.74, 6) is -0.287. The summed E-state index contributed by atoms with van der Waals surface area (Å²) >= 11 is 5.91. The lowest BCUT2D eigenvalue weighted by molar-refractivity contribution is 0.102. The molecule has 0 aliphatic rings. The molecule has 1 amide bonds. The summed E-state index contributed by atoms with van der Waals surface area (Å²) in [5, 5.41) is 6.80. The van der Waals surface area contributed by atoms with Crippen LogP contribution >= 0.6 is 11.6 Å². The molecule has 0 saturated heterocycles. The number of benzene rings is 2. The van der Waals surface area contributed by atoms with Crippen LogP contribution in [0.1, 0.15) is 15.9 Å². The molecule has 1 N–H and O–H groups in total. The molecule has 6 heteroatoms. The molecule has 5 nitrogen and oxygen atoms in total. The first-order chi connectivity index (χ1) is 9.60. The number of azide groups is 1. The highest BCUT2D eigenvalue weighted by Crippen LogP contribution is 2.21. The van der Waals surface area contributed by atoms with E-state index in [0.717, 1.165) is 5.56 Å². The highest BCUT2D eigenvalue weighted by Gasteiger charge is 2.08. The molecule has 0 aromatic heterocycles.